The molecule has 1 aliphatic rings. The molecule has 30 heavy (non-hydrogen) atoms. The smallest absolute Gasteiger partial charge is 0.264 e. The Bertz CT molecular complexity index is 1230. The minimum atomic E-state index is 0.0609. The van der Waals surface area contributed by atoms with E-state index in [4.69, 9.17) is 16.3 Å². The molecule has 0 aliphatic carbocycles. The highest BCUT2D eigenvalue weighted by atomic mass is 35.5. The molecule has 0 bridgehead atoms. The average Bonchev–Trinajstić information content (AvgIpc) is 3.25. The first-order chi connectivity index (χ1) is 14.6. The van der Waals surface area contributed by atoms with Gasteiger partial charge in [0.15, 0.2) is 0 Å². The lowest BCUT2D eigenvalue weighted by molar-refractivity contribution is 0.0752. The number of methoxy groups -OCH3 is 1. The van der Waals surface area contributed by atoms with Crippen molar-refractivity contribution in [1.82, 2.24) is 9.88 Å². The number of carbonyl (C=O) groups excluding carboxylic acids is 1. The molecule has 0 atom stereocenters. The molecule has 0 N–H and O–H groups in total. The predicted molar refractivity (Wildman–Crippen MR) is 123 cm³/mol. The molecule has 1 amide bonds. The van der Waals surface area contributed by atoms with Gasteiger partial charge in [0.1, 0.15) is 10.9 Å². The summed E-state index contributed by atoms with van der Waals surface area (Å²) in [7, 11) is 1.67. The number of ether oxygens (including phenoxy) is 1. The molecule has 0 unspecified atom stereocenters. The molecule has 5 nitrogen and oxygen atoms in total. The van der Waals surface area contributed by atoms with E-state index in [1.165, 1.54) is 11.3 Å². The summed E-state index contributed by atoms with van der Waals surface area (Å²) in [5.41, 5.74) is 2.00. The first-order valence-electron chi connectivity index (χ1n) is 9.80. The standard InChI is InChI=1S/C23H20ClN3O2S/c1-29-16-8-6-15(7-9-16)26-10-12-27(13-11-26)23(28)20-14-18-21(30-20)17-4-2-3-5-19(17)25-22(18)24/h2-9,14H,10-13H2,1H3. The number of fused-ring (bicyclic) bond motifs is 3. The number of benzene rings is 2. The first-order valence-corrected chi connectivity index (χ1v) is 11.0. The minimum absolute atomic E-state index is 0.0609. The Hall–Kier alpha value is -2.83. The molecule has 3 heterocycles. The maximum absolute atomic E-state index is 13.2. The predicted octanol–water partition coefficient (Wildman–Crippen LogP) is 5.07. The second-order valence-corrected chi connectivity index (χ2v) is 8.66. The van der Waals surface area contributed by atoms with Gasteiger partial charge in [0, 0.05) is 47.3 Å². The van der Waals surface area contributed by atoms with E-state index < -0.39 is 0 Å². The van der Waals surface area contributed by atoms with Crippen molar-refractivity contribution in [2.45, 2.75) is 0 Å². The molecule has 2 aromatic heterocycles. The Morgan fingerprint density at radius 2 is 1.77 bits per heavy atom. The number of pyridine rings is 1. The highest BCUT2D eigenvalue weighted by molar-refractivity contribution is 7.21. The number of piperazine rings is 1. The molecule has 0 spiro atoms. The summed E-state index contributed by atoms with van der Waals surface area (Å²) < 4.78 is 6.25. The van der Waals surface area contributed by atoms with E-state index in [9.17, 15) is 4.79 Å². The van der Waals surface area contributed by atoms with Crippen molar-refractivity contribution < 1.29 is 9.53 Å². The van der Waals surface area contributed by atoms with Crippen LogP contribution in [0.3, 0.4) is 0 Å². The number of halogens is 1. The summed E-state index contributed by atoms with van der Waals surface area (Å²) in [5.74, 6) is 0.906. The van der Waals surface area contributed by atoms with E-state index >= 15 is 0 Å². The van der Waals surface area contributed by atoms with E-state index in [-0.39, 0.29) is 5.91 Å². The topological polar surface area (TPSA) is 45.7 Å². The summed E-state index contributed by atoms with van der Waals surface area (Å²) in [6.07, 6.45) is 0. The molecule has 2 aromatic carbocycles. The van der Waals surface area contributed by atoms with Gasteiger partial charge in [-0.15, -0.1) is 11.3 Å². The van der Waals surface area contributed by atoms with Crippen LogP contribution in [0.5, 0.6) is 5.75 Å². The lowest BCUT2D eigenvalue weighted by Gasteiger charge is -2.36. The summed E-state index contributed by atoms with van der Waals surface area (Å²) in [6.45, 7) is 2.97. The monoisotopic (exact) mass is 437 g/mol. The van der Waals surface area contributed by atoms with E-state index in [2.05, 4.69) is 22.0 Å². The van der Waals surface area contributed by atoms with Gasteiger partial charge in [0.2, 0.25) is 0 Å². The fourth-order valence-corrected chi connectivity index (χ4v) is 5.35. The van der Waals surface area contributed by atoms with Crippen LogP contribution in [0, 0.1) is 0 Å². The van der Waals surface area contributed by atoms with Crippen molar-refractivity contribution in [1.29, 1.82) is 0 Å². The molecule has 0 radical (unpaired) electrons. The van der Waals surface area contributed by atoms with Crippen LogP contribution in [0.15, 0.2) is 54.6 Å². The zero-order valence-electron chi connectivity index (χ0n) is 16.5. The van der Waals surface area contributed by atoms with Crippen LogP contribution in [0.2, 0.25) is 5.15 Å². The number of anilines is 1. The van der Waals surface area contributed by atoms with E-state index in [1.54, 1.807) is 7.11 Å². The van der Waals surface area contributed by atoms with E-state index in [0.717, 1.165) is 45.5 Å². The van der Waals surface area contributed by atoms with Crippen molar-refractivity contribution in [3.8, 4) is 5.75 Å². The number of thiophene rings is 1. The van der Waals surface area contributed by atoms with Gasteiger partial charge in [-0.1, -0.05) is 29.8 Å². The molecule has 1 saturated heterocycles. The third-order valence-electron chi connectivity index (χ3n) is 5.54. The largest absolute Gasteiger partial charge is 0.497 e. The van der Waals surface area contributed by atoms with Crippen LogP contribution in [-0.2, 0) is 0 Å². The van der Waals surface area contributed by atoms with Crippen molar-refractivity contribution >= 4 is 55.5 Å². The van der Waals surface area contributed by atoms with Crippen LogP contribution in [0.25, 0.3) is 21.0 Å². The molecule has 4 aromatic rings. The maximum atomic E-state index is 13.2. The molecule has 1 aliphatic heterocycles. The Morgan fingerprint density at radius 3 is 2.50 bits per heavy atom. The van der Waals surface area contributed by atoms with E-state index in [0.29, 0.717) is 23.1 Å². The van der Waals surface area contributed by atoms with Gasteiger partial charge in [-0.2, -0.15) is 0 Å². The van der Waals surface area contributed by atoms with Gasteiger partial charge in [-0.3, -0.25) is 4.79 Å². The highest BCUT2D eigenvalue weighted by Gasteiger charge is 2.24. The number of rotatable bonds is 3. The molecule has 7 heteroatoms. The number of nitrogens with zero attached hydrogens (tertiary/aromatic N) is 3. The third kappa shape index (κ3) is 3.36. The van der Waals surface area contributed by atoms with Gasteiger partial charge in [-0.25, -0.2) is 4.98 Å². The molecule has 1 fully saturated rings. The molecule has 152 valence electrons. The SMILES string of the molecule is COc1ccc(N2CCN(C(=O)c3cc4c(Cl)nc5ccccc5c4s3)CC2)cc1. The summed E-state index contributed by atoms with van der Waals surface area (Å²) in [4.78, 5) is 22.6. The maximum Gasteiger partial charge on any atom is 0.264 e. The lowest BCUT2D eigenvalue weighted by Crippen LogP contribution is -2.48. The number of carbonyl (C=O) groups is 1. The van der Waals surface area contributed by atoms with Crippen LogP contribution in [0.1, 0.15) is 9.67 Å². The number of aromatic nitrogens is 1. The summed E-state index contributed by atoms with van der Waals surface area (Å²) >= 11 is 7.90. The second kappa shape index (κ2) is 7.78. The zero-order chi connectivity index (χ0) is 20.7. The van der Waals surface area contributed by atoms with Gasteiger partial charge in [0.05, 0.1) is 17.5 Å². The Morgan fingerprint density at radius 1 is 1.03 bits per heavy atom. The fraction of sp³-hybridized carbons (Fsp3) is 0.217. The minimum Gasteiger partial charge on any atom is -0.497 e. The van der Waals surface area contributed by atoms with Crippen LogP contribution in [-0.4, -0.2) is 49.1 Å². The van der Waals surface area contributed by atoms with Gasteiger partial charge >= 0.3 is 0 Å². The van der Waals surface area contributed by atoms with Crippen molar-refractivity contribution in [2.75, 3.05) is 38.2 Å². The first kappa shape index (κ1) is 19.2. The number of hydrogen-bond donors (Lipinski definition) is 0. The van der Waals surface area contributed by atoms with Crippen molar-refractivity contribution in [3.05, 3.63) is 64.6 Å². The van der Waals surface area contributed by atoms with E-state index in [1.807, 2.05) is 47.4 Å². The summed E-state index contributed by atoms with van der Waals surface area (Å²) in [5, 5.41) is 2.33. The van der Waals surface area contributed by atoms with Gasteiger partial charge in [0.25, 0.3) is 5.91 Å². The van der Waals surface area contributed by atoms with Gasteiger partial charge < -0.3 is 14.5 Å². The summed E-state index contributed by atoms with van der Waals surface area (Å²) in [6, 6.07) is 17.8. The third-order valence-corrected chi connectivity index (χ3v) is 6.98. The van der Waals surface area contributed by atoms with Crippen molar-refractivity contribution in [2.24, 2.45) is 0 Å². The van der Waals surface area contributed by atoms with Crippen molar-refractivity contribution in [3.63, 3.8) is 0 Å². The molecule has 0 saturated carbocycles. The number of hydrogen-bond acceptors (Lipinski definition) is 5. The normalized spacial score (nSPS) is 14.5. The average molecular weight is 438 g/mol. The quantitative estimate of drug-likeness (QED) is 0.419. The highest BCUT2D eigenvalue weighted by Crippen LogP contribution is 2.36. The van der Waals surface area contributed by atoms with Crippen LogP contribution < -0.4 is 9.64 Å². The number of para-hydroxylation sites is 1. The zero-order valence-corrected chi connectivity index (χ0v) is 18.0. The van der Waals surface area contributed by atoms with Crippen LogP contribution in [0.4, 0.5) is 5.69 Å². The molecular formula is C23H20ClN3O2S. The number of amides is 1. The Balaban J connectivity index is 1.36. The molecular weight excluding hydrogens is 418 g/mol. The fourth-order valence-electron chi connectivity index (χ4n) is 3.90. The molecule has 5 rings (SSSR count). The Kier molecular flexibility index (Phi) is 4.97. The Labute approximate surface area is 183 Å². The second-order valence-electron chi connectivity index (χ2n) is 7.25. The lowest BCUT2D eigenvalue weighted by atomic mass is 10.2. The van der Waals surface area contributed by atoms with Gasteiger partial charge in [-0.05, 0) is 36.4 Å². The van der Waals surface area contributed by atoms with Crippen LogP contribution >= 0.6 is 22.9 Å².